The van der Waals surface area contributed by atoms with Crippen LogP contribution in [0, 0.1) is 0 Å². The first-order valence-electron chi connectivity index (χ1n) is 38.3. The molecule has 0 unspecified atom stereocenters. The number of amides is 6. The predicted octanol–water partition coefficient (Wildman–Crippen LogP) is 11.9. The molecule has 0 aliphatic carbocycles. The van der Waals surface area contributed by atoms with Gasteiger partial charge in [-0.3, -0.25) is 27.8 Å². The number of anilines is 2. The lowest BCUT2D eigenvalue weighted by molar-refractivity contribution is -0.401. The summed E-state index contributed by atoms with van der Waals surface area (Å²) in [5, 5.41) is 17.9. The summed E-state index contributed by atoms with van der Waals surface area (Å²) in [6.07, 6.45) is 23.2. The van der Waals surface area contributed by atoms with E-state index in [-0.39, 0.29) is 59.6 Å². The number of hydrogen-bond acceptors (Lipinski definition) is 16. The van der Waals surface area contributed by atoms with Crippen molar-refractivity contribution in [1.29, 1.82) is 0 Å². The second-order valence-corrected chi connectivity index (χ2v) is 39.3. The summed E-state index contributed by atoms with van der Waals surface area (Å²) in [6, 6.07) is 20.8. The van der Waals surface area contributed by atoms with Crippen molar-refractivity contribution in [3.63, 3.8) is 0 Å². The zero-order chi connectivity index (χ0) is 82.0. The monoisotopic (exact) mass is 1660 g/mol. The maximum atomic E-state index is 12.9. The smallest absolute Gasteiger partial charge is 0.314 e. The Balaban J connectivity index is 0.600. The van der Waals surface area contributed by atoms with Crippen LogP contribution < -0.4 is 41.7 Å². The molecule has 6 amide bonds. The standard InChI is InChI=1S/C80H112N10O16S6/c1-77(2)61-49-57(31-35-65(61)87(9)69(77)27-23-29-71-79(5,6)63-51-59(111(101,102)103)33-37-67(63)89(71)43-25-47-109(95,96)97)53-85-73(91)55-107-45-21-15-13-19-41-83-75(93)81-39-17-11-12-18-40-82-76(94)84-42-20-14-16-22-46-108-56-74(92)86-54-58-32-36-66-62(50-58)78(3,4)70(88(66)10)28-24-30-72-80(7,8)64-52-60(112(104,105)106)34-38-68(64)90(72)44-26-48-110(98,99)100/h23-24,27-38,49-52H,11-22,25-26,39-48,53-56H2,1-10H3,(H8-2,81,82,83,84,85,86,91,92,93,94,95,96,97,98,99,100,101,102,103,104,105,106)/p+2. The van der Waals surface area contributed by atoms with E-state index in [4.69, 9.17) is 0 Å². The lowest BCUT2D eigenvalue weighted by Crippen LogP contribution is -2.36. The summed E-state index contributed by atoms with van der Waals surface area (Å²) in [5.74, 6) is 1.46. The zero-order valence-electron chi connectivity index (χ0n) is 66.1. The Morgan fingerprint density at radius 3 is 1.09 bits per heavy atom. The van der Waals surface area contributed by atoms with Gasteiger partial charge in [-0.05, 0) is 174 Å². The van der Waals surface area contributed by atoms with Gasteiger partial charge in [0.2, 0.25) is 23.2 Å². The number of fused-ring (bicyclic) bond motifs is 4. The Morgan fingerprint density at radius 1 is 0.420 bits per heavy atom. The first kappa shape index (κ1) is 90.1. The number of allylic oxidation sites excluding steroid dienone is 8. The van der Waals surface area contributed by atoms with Crippen LogP contribution in [0.1, 0.15) is 179 Å². The van der Waals surface area contributed by atoms with Crippen LogP contribution in [-0.4, -0.2) is 184 Å². The van der Waals surface area contributed by atoms with Crippen molar-refractivity contribution in [3.8, 4) is 0 Å². The van der Waals surface area contributed by atoms with E-state index >= 15 is 0 Å². The molecule has 4 aliphatic heterocycles. The van der Waals surface area contributed by atoms with Gasteiger partial charge in [-0.15, -0.1) is 0 Å². The fourth-order valence-electron chi connectivity index (χ4n) is 15.1. The molecule has 4 heterocycles. The largest absolute Gasteiger partial charge is 0.351 e. The van der Waals surface area contributed by atoms with Crippen LogP contribution in [0.15, 0.2) is 130 Å². The number of nitrogens with one attached hydrogen (secondary N) is 6. The molecule has 0 radical (unpaired) electrons. The molecule has 0 spiro atoms. The van der Waals surface area contributed by atoms with Crippen LogP contribution in [0.3, 0.4) is 0 Å². The molecule has 4 aromatic rings. The van der Waals surface area contributed by atoms with Gasteiger partial charge in [0.25, 0.3) is 40.5 Å². The number of rotatable bonds is 43. The Bertz CT molecular complexity index is 4480. The lowest BCUT2D eigenvalue weighted by Gasteiger charge is -2.27. The minimum Gasteiger partial charge on any atom is -0.351 e. The van der Waals surface area contributed by atoms with Crippen molar-refractivity contribution in [2.45, 2.75) is 190 Å². The molecule has 26 nitrogen and oxygen atoms in total. The van der Waals surface area contributed by atoms with Gasteiger partial charge in [-0.2, -0.15) is 66.3 Å². The Labute approximate surface area is 671 Å². The second-order valence-electron chi connectivity index (χ2n) is 31.1. The normalized spacial score (nSPS) is 16.9. The highest BCUT2D eigenvalue weighted by molar-refractivity contribution is 8.00. The highest BCUT2D eigenvalue weighted by Crippen LogP contribution is 2.51. The van der Waals surface area contributed by atoms with Crippen LogP contribution in [0.2, 0.25) is 0 Å². The zero-order valence-corrected chi connectivity index (χ0v) is 71.0. The molecular formula is C80H114N10O16S6+2. The van der Waals surface area contributed by atoms with Crippen LogP contribution >= 0.6 is 23.5 Å². The highest BCUT2D eigenvalue weighted by Gasteiger charge is 2.46. The van der Waals surface area contributed by atoms with Gasteiger partial charge in [-0.1, -0.05) is 90.5 Å². The quantitative estimate of drug-likeness (QED) is 0.0112. The molecule has 10 N–H and O–H groups in total. The van der Waals surface area contributed by atoms with E-state index in [1.54, 1.807) is 35.7 Å². The van der Waals surface area contributed by atoms with Gasteiger partial charge in [0, 0.05) is 121 Å². The van der Waals surface area contributed by atoms with Gasteiger partial charge >= 0.3 is 12.1 Å². The molecule has 8 rings (SSSR count). The third-order valence-electron chi connectivity index (χ3n) is 21.2. The minimum atomic E-state index is -4.48. The van der Waals surface area contributed by atoms with Crippen LogP contribution in [0.4, 0.5) is 32.3 Å². The number of carbonyl (C=O) groups excluding carboxylic acids is 4. The predicted molar refractivity (Wildman–Crippen MR) is 447 cm³/mol. The number of unbranched alkanes of at least 4 members (excludes halogenated alkanes) is 9. The van der Waals surface area contributed by atoms with Gasteiger partial charge in [-0.25, -0.2) is 9.59 Å². The van der Waals surface area contributed by atoms with Gasteiger partial charge in [0.05, 0.1) is 43.6 Å². The van der Waals surface area contributed by atoms with E-state index in [0.29, 0.717) is 73.3 Å². The van der Waals surface area contributed by atoms with Crippen molar-refractivity contribution in [3.05, 3.63) is 154 Å². The fourth-order valence-corrected chi connectivity index (χ4v) is 18.8. The molecule has 4 aliphatic rings. The Hall–Kier alpha value is -7.40. The first-order valence-corrected chi connectivity index (χ1v) is 46.7. The minimum absolute atomic E-state index is 0.0365. The van der Waals surface area contributed by atoms with Crippen molar-refractivity contribution in [2.75, 3.05) is 97.7 Å². The van der Waals surface area contributed by atoms with E-state index in [1.807, 2.05) is 100 Å². The van der Waals surface area contributed by atoms with Crippen molar-refractivity contribution < 1.29 is 80.2 Å². The molecule has 0 saturated heterocycles. The van der Waals surface area contributed by atoms with Crippen molar-refractivity contribution in [2.24, 2.45) is 0 Å². The Kier molecular flexibility index (Phi) is 31.6. The molecule has 0 atom stereocenters. The first-order chi connectivity index (χ1) is 52.6. The summed E-state index contributed by atoms with van der Waals surface area (Å²) in [4.78, 5) is 53.9. The highest BCUT2D eigenvalue weighted by atomic mass is 32.2. The number of carbonyl (C=O) groups is 4. The van der Waals surface area contributed by atoms with Crippen LogP contribution in [-0.2, 0) is 84.8 Å². The van der Waals surface area contributed by atoms with E-state index in [1.165, 1.54) is 24.3 Å². The van der Waals surface area contributed by atoms with Crippen LogP contribution in [0.5, 0.6) is 0 Å². The SMILES string of the molecule is C[N+]1=C(/C=C/C=C2/N(CCCS(=O)(=O)O)c3ccc(S(=O)(=O)O)cc3C2(C)C)C(C)(C)c2cc(CNC(=O)CSCCCCCCNC(=O)NCCCCCCNC(=O)NCCCCCCSCC(=O)NCc3ccc4c(c3)C(C)(C)C(/C=C/C=C3/N(CCCS(=O)(=O)O)c5ccc(S(=O)(=O)O)cc5C3(C)C)=[N+]4C)ccc21. The van der Waals surface area contributed by atoms with Crippen molar-refractivity contribution in [1.82, 2.24) is 31.9 Å². The molecule has 0 fully saturated rings. The number of thioether (sulfide) groups is 2. The molecule has 0 bridgehead atoms. The average molecular weight is 1660 g/mol. The molecule has 0 aromatic heterocycles. The third-order valence-corrected chi connectivity index (χ3v) is 26.6. The number of urea groups is 2. The second kappa shape index (κ2) is 39.3. The molecule has 0 saturated carbocycles. The summed E-state index contributed by atoms with van der Waals surface area (Å²) in [5.41, 5.74) is 10.2. The fraction of sp³-hybridized carbons (Fsp3) is 0.525. The topological polar surface area (TPSA) is 370 Å². The molecular weight excluding hydrogens is 1550 g/mol. The van der Waals surface area contributed by atoms with E-state index in [0.717, 1.165) is 145 Å². The third kappa shape index (κ3) is 24.6. The van der Waals surface area contributed by atoms with Crippen LogP contribution in [0.25, 0.3) is 0 Å². The average Bonchev–Trinajstić information content (AvgIpc) is 1.65. The summed E-state index contributed by atoms with van der Waals surface area (Å²) in [6.45, 7) is 19.9. The van der Waals surface area contributed by atoms with Gasteiger partial charge in [0.1, 0.15) is 14.1 Å². The van der Waals surface area contributed by atoms with Crippen molar-refractivity contribution >= 4 is 122 Å². The molecule has 32 heteroatoms. The summed E-state index contributed by atoms with van der Waals surface area (Å²) >= 11 is 3.21. The summed E-state index contributed by atoms with van der Waals surface area (Å²) < 4.78 is 138. The van der Waals surface area contributed by atoms with Gasteiger partial charge in [0.15, 0.2) is 11.4 Å². The van der Waals surface area contributed by atoms with E-state index < -0.39 is 73.6 Å². The van der Waals surface area contributed by atoms with Gasteiger partial charge < -0.3 is 41.7 Å². The number of benzene rings is 4. The summed E-state index contributed by atoms with van der Waals surface area (Å²) in [7, 11) is -13.4. The van der Waals surface area contributed by atoms with E-state index in [2.05, 4.69) is 93.0 Å². The maximum Gasteiger partial charge on any atom is 0.314 e. The number of hydrogen-bond donors (Lipinski definition) is 10. The molecule has 614 valence electrons. The van der Waals surface area contributed by atoms with E-state index in [9.17, 15) is 71.1 Å². The maximum absolute atomic E-state index is 12.9. The molecule has 112 heavy (non-hydrogen) atoms. The lowest BCUT2D eigenvalue weighted by atomic mass is 9.80. The number of nitrogens with zero attached hydrogens (tertiary/aromatic N) is 4. The molecule has 4 aromatic carbocycles. The Morgan fingerprint density at radius 2 is 0.759 bits per heavy atom.